The highest BCUT2D eigenvalue weighted by Crippen LogP contribution is 2.34. The first-order valence-electron chi connectivity index (χ1n) is 8.20. The second-order valence-corrected chi connectivity index (χ2v) is 7.66. The quantitative estimate of drug-likeness (QED) is 0.507. The van der Waals surface area contributed by atoms with Crippen LogP contribution in [0.25, 0.3) is 6.08 Å². The summed E-state index contributed by atoms with van der Waals surface area (Å²) in [4.78, 5) is 36.6. The van der Waals surface area contributed by atoms with Crippen LogP contribution in [0.4, 0.5) is 0 Å². The Hall–Kier alpha value is -2.97. The summed E-state index contributed by atoms with van der Waals surface area (Å²) in [6.45, 7) is 0. The fourth-order valence-corrected chi connectivity index (χ4v) is 4.09. The van der Waals surface area contributed by atoms with E-state index in [1.54, 1.807) is 24.3 Å². The summed E-state index contributed by atoms with van der Waals surface area (Å²) in [5, 5.41) is 22.5. The van der Waals surface area contributed by atoms with Crippen molar-refractivity contribution in [1.82, 2.24) is 4.90 Å². The Balaban J connectivity index is 1.85. The number of aliphatic carboxylic acids is 1. The molecule has 1 aliphatic heterocycles. The van der Waals surface area contributed by atoms with Crippen molar-refractivity contribution >= 4 is 52.2 Å². The van der Waals surface area contributed by atoms with Gasteiger partial charge in [0.15, 0.2) is 0 Å². The smallest absolute Gasteiger partial charge is 0.266 e. The molecule has 1 saturated heterocycles. The molecule has 142 valence electrons. The summed E-state index contributed by atoms with van der Waals surface area (Å²) < 4.78 is 0.132. The van der Waals surface area contributed by atoms with Crippen molar-refractivity contribution in [3.8, 4) is 0 Å². The maximum Gasteiger partial charge on any atom is 0.266 e. The molecule has 0 N–H and O–H groups in total. The van der Waals surface area contributed by atoms with Crippen LogP contribution >= 0.6 is 24.0 Å². The van der Waals surface area contributed by atoms with Crippen molar-refractivity contribution in [3.63, 3.8) is 0 Å². The number of carbonyl (C=O) groups excluding carboxylic acids is 3. The zero-order valence-electron chi connectivity index (χ0n) is 14.4. The number of benzene rings is 2. The third kappa shape index (κ3) is 4.29. The molecule has 8 heteroatoms. The summed E-state index contributed by atoms with van der Waals surface area (Å²) in [7, 11) is 0. The van der Waals surface area contributed by atoms with Gasteiger partial charge in [-0.1, -0.05) is 78.6 Å². The Bertz CT molecular complexity index is 970. The van der Waals surface area contributed by atoms with Gasteiger partial charge in [0.25, 0.3) is 5.91 Å². The predicted molar refractivity (Wildman–Crippen MR) is 105 cm³/mol. The average Bonchev–Trinajstić information content (AvgIpc) is 2.94. The zero-order chi connectivity index (χ0) is 20.3. The number of nitrogens with zero attached hydrogens (tertiary/aromatic N) is 1. The molecule has 1 heterocycles. The summed E-state index contributed by atoms with van der Waals surface area (Å²) >= 11 is 6.22. The lowest BCUT2D eigenvalue weighted by molar-refractivity contribution is -0.310. The molecular weight excluding hydrogens is 398 g/mol. The minimum atomic E-state index is -1.39. The first kappa shape index (κ1) is 19.8. The van der Waals surface area contributed by atoms with Gasteiger partial charge >= 0.3 is 0 Å². The minimum absolute atomic E-state index is 0.0181. The monoisotopic (exact) mass is 411 g/mol. The fourth-order valence-electron chi connectivity index (χ4n) is 2.73. The Labute approximate surface area is 170 Å². The van der Waals surface area contributed by atoms with Gasteiger partial charge < -0.3 is 19.8 Å². The standard InChI is InChI=1S/C20H15NO5S2/c22-17-16(11-13-6-8-14(9-7-13)18(23)24)28-20(27)21(17)15(19(25)26)10-12-4-2-1-3-5-12/h1-9,11,15H,10H2,(H,23,24)(H,25,26)/p-2. The van der Waals surface area contributed by atoms with E-state index in [1.807, 2.05) is 6.07 Å². The second-order valence-electron chi connectivity index (χ2n) is 5.99. The van der Waals surface area contributed by atoms with Gasteiger partial charge in [-0.05, 0) is 29.2 Å². The molecule has 1 fully saturated rings. The second kappa shape index (κ2) is 8.37. The first-order valence-corrected chi connectivity index (χ1v) is 9.42. The average molecular weight is 411 g/mol. The topological polar surface area (TPSA) is 101 Å². The van der Waals surface area contributed by atoms with E-state index < -0.39 is 23.9 Å². The minimum Gasteiger partial charge on any atom is -0.548 e. The van der Waals surface area contributed by atoms with Gasteiger partial charge in [0.2, 0.25) is 0 Å². The molecule has 0 saturated carbocycles. The van der Waals surface area contributed by atoms with Crippen molar-refractivity contribution in [2.24, 2.45) is 0 Å². The van der Waals surface area contributed by atoms with E-state index in [0.717, 1.165) is 22.2 Å². The van der Waals surface area contributed by atoms with Crippen LogP contribution in [0.2, 0.25) is 0 Å². The SMILES string of the molecule is O=C([O-])c1ccc(C=C2SC(=S)N(C(Cc3ccccc3)C(=O)[O-])C2=O)cc1. The number of amides is 1. The molecule has 1 unspecified atom stereocenters. The normalized spacial score (nSPS) is 16.4. The predicted octanol–water partition coefficient (Wildman–Crippen LogP) is 0.612. The molecular formula is C20H13NO5S2-2. The number of carboxylic acid groups (broad SMARTS) is 2. The van der Waals surface area contributed by atoms with Gasteiger partial charge in [-0.3, -0.25) is 9.69 Å². The number of thioether (sulfide) groups is 1. The third-order valence-corrected chi connectivity index (χ3v) is 5.45. The van der Waals surface area contributed by atoms with Crippen LogP contribution in [-0.4, -0.2) is 33.1 Å². The molecule has 2 aromatic carbocycles. The van der Waals surface area contributed by atoms with Crippen LogP contribution in [0, 0.1) is 0 Å². The molecule has 2 aromatic rings. The lowest BCUT2D eigenvalue weighted by Gasteiger charge is -2.27. The highest BCUT2D eigenvalue weighted by atomic mass is 32.2. The van der Waals surface area contributed by atoms with Crippen LogP contribution < -0.4 is 10.2 Å². The molecule has 0 aliphatic carbocycles. The lowest BCUT2D eigenvalue weighted by Crippen LogP contribution is -2.51. The highest BCUT2D eigenvalue weighted by Gasteiger charge is 2.37. The van der Waals surface area contributed by atoms with Gasteiger partial charge in [0.05, 0.1) is 22.9 Å². The van der Waals surface area contributed by atoms with Crippen LogP contribution in [0.3, 0.4) is 0 Å². The summed E-state index contributed by atoms with van der Waals surface area (Å²) in [6, 6.07) is 13.5. The molecule has 28 heavy (non-hydrogen) atoms. The van der Waals surface area contributed by atoms with E-state index in [2.05, 4.69) is 0 Å². The van der Waals surface area contributed by atoms with Crippen molar-refractivity contribution in [1.29, 1.82) is 0 Å². The Morgan fingerprint density at radius 2 is 1.71 bits per heavy atom. The fraction of sp³-hybridized carbons (Fsp3) is 0.100. The number of thiocarbonyl (C=S) groups is 1. The van der Waals surface area contributed by atoms with Gasteiger partial charge in [0.1, 0.15) is 4.32 Å². The molecule has 6 nitrogen and oxygen atoms in total. The highest BCUT2D eigenvalue weighted by molar-refractivity contribution is 8.26. The molecule has 0 spiro atoms. The van der Waals surface area contributed by atoms with E-state index in [0.29, 0.717) is 5.56 Å². The van der Waals surface area contributed by atoms with Gasteiger partial charge in [-0.2, -0.15) is 0 Å². The Kier molecular flexibility index (Phi) is 5.91. The summed E-state index contributed by atoms with van der Waals surface area (Å²) in [6.07, 6.45) is 1.61. The number of carbonyl (C=O) groups is 3. The molecule has 1 atom stereocenters. The molecule has 0 radical (unpaired) electrons. The van der Waals surface area contributed by atoms with Gasteiger partial charge in [-0.15, -0.1) is 0 Å². The maximum absolute atomic E-state index is 12.8. The van der Waals surface area contributed by atoms with Crippen LogP contribution in [0.1, 0.15) is 21.5 Å². The Morgan fingerprint density at radius 1 is 1.07 bits per heavy atom. The van der Waals surface area contributed by atoms with Crippen LogP contribution in [0.5, 0.6) is 0 Å². The van der Waals surface area contributed by atoms with E-state index in [-0.39, 0.29) is 21.2 Å². The van der Waals surface area contributed by atoms with E-state index >= 15 is 0 Å². The van der Waals surface area contributed by atoms with Gasteiger partial charge in [0, 0.05) is 0 Å². The number of carboxylic acids is 2. The van der Waals surface area contributed by atoms with Crippen LogP contribution in [0.15, 0.2) is 59.5 Å². The first-order chi connectivity index (χ1) is 13.4. The summed E-state index contributed by atoms with van der Waals surface area (Å²) in [5.74, 6) is -3.21. The van der Waals surface area contributed by atoms with Crippen molar-refractivity contribution < 1.29 is 24.6 Å². The zero-order valence-corrected chi connectivity index (χ0v) is 16.0. The van der Waals surface area contributed by atoms with Crippen molar-refractivity contribution in [2.75, 3.05) is 0 Å². The maximum atomic E-state index is 12.8. The lowest BCUT2D eigenvalue weighted by atomic mass is 10.0. The summed E-state index contributed by atoms with van der Waals surface area (Å²) in [5.41, 5.74) is 1.34. The molecule has 1 aliphatic rings. The molecule has 1 amide bonds. The number of aromatic carboxylic acids is 1. The van der Waals surface area contributed by atoms with Crippen molar-refractivity contribution in [2.45, 2.75) is 12.5 Å². The van der Waals surface area contributed by atoms with E-state index in [1.165, 1.54) is 30.3 Å². The van der Waals surface area contributed by atoms with E-state index in [4.69, 9.17) is 12.2 Å². The number of rotatable bonds is 6. The third-order valence-electron chi connectivity index (χ3n) is 4.12. The van der Waals surface area contributed by atoms with E-state index in [9.17, 15) is 24.6 Å². The Morgan fingerprint density at radius 3 is 2.29 bits per heavy atom. The molecule has 3 rings (SSSR count). The molecule has 0 aromatic heterocycles. The largest absolute Gasteiger partial charge is 0.548 e. The van der Waals surface area contributed by atoms with Crippen molar-refractivity contribution in [3.05, 3.63) is 76.2 Å². The molecule has 0 bridgehead atoms. The van der Waals surface area contributed by atoms with Gasteiger partial charge in [-0.25, -0.2) is 0 Å². The van der Waals surface area contributed by atoms with Crippen LogP contribution in [-0.2, 0) is 16.0 Å². The number of hydrogen-bond acceptors (Lipinski definition) is 7. The number of hydrogen-bond donors (Lipinski definition) is 0.